The highest BCUT2D eigenvalue weighted by molar-refractivity contribution is 5.71. The monoisotopic (exact) mass is 261 g/mol. The largest absolute Gasteiger partial charge is 0.333 e. The molecule has 0 saturated carbocycles. The first-order valence-electron chi connectivity index (χ1n) is 6.12. The summed E-state index contributed by atoms with van der Waals surface area (Å²) in [5.74, 6) is 0.763. The average molecular weight is 261 g/mol. The van der Waals surface area contributed by atoms with Crippen molar-refractivity contribution in [3.63, 3.8) is 0 Å². The summed E-state index contributed by atoms with van der Waals surface area (Å²) >= 11 is 0. The molecule has 0 aromatic carbocycles. The third kappa shape index (κ3) is 1.76. The van der Waals surface area contributed by atoms with Crippen molar-refractivity contribution in [3.8, 4) is 6.07 Å². The molecular formula is C12H15N5O2. The van der Waals surface area contributed by atoms with Gasteiger partial charge in [-0.1, -0.05) is 6.92 Å². The summed E-state index contributed by atoms with van der Waals surface area (Å²) in [5, 5.41) is 8.73. The molecule has 0 aliphatic carbocycles. The SMILES string of the molecule is CCc1nc2c(c(=O)n(CC#N)c(=O)n2C)n1CC. The quantitative estimate of drug-likeness (QED) is 0.778. The molecule has 0 unspecified atom stereocenters. The Hall–Kier alpha value is -2.36. The molecule has 0 bridgehead atoms. The van der Waals surface area contributed by atoms with Gasteiger partial charge in [-0.3, -0.25) is 9.36 Å². The number of aromatic nitrogens is 4. The highest BCUT2D eigenvalue weighted by Gasteiger charge is 2.18. The Morgan fingerprint density at radius 3 is 2.47 bits per heavy atom. The molecule has 2 rings (SSSR count). The van der Waals surface area contributed by atoms with E-state index in [9.17, 15) is 9.59 Å². The van der Waals surface area contributed by atoms with E-state index in [0.29, 0.717) is 24.1 Å². The molecule has 0 atom stereocenters. The maximum absolute atomic E-state index is 12.3. The predicted octanol–water partition coefficient (Wildman–Crippen LogP) is 0.00258. The summed E-state index contributed by atoms with van der Waals surface area (Å²) in [5.41, 5.74) is -0.198. The maximum Gasteiger partial charge on any atom is 0.333 e. The normalized spacial score (nSPS) is 10.8. The topological polar surface area (TPSA) is 85.6 Å². The van der Waals surface area contributed by atoms with Gasteiger partial charge in [-0.05, 0) is 6.92 Å². The minimum Gasteiger partial charge on any atom is -0.322 e. The van der Waals surface area contributed by atoms with Gasteiger partial charge in [0, 0.05) is 20.0 Å². The highest BCUT2D eigenvalue weighted by atomic mass is 16.2. The van der Waals surface area contributed by atoms with Crippen LogP contribution in [0.2, 0.25) is 0 Å². The summed E-state index contributed by atoms with van der Waals surface area (Å²) in [6.07, 6.45) is 0.675. The summed E-state index contributed by atoms with van der Waals surface area (Å²) in [6, 6.07) is 1.84. The molecule has 0 aliphatic rings. The number of hydrogen-bond donors (Lipinski definition) is 0. The van der Waals surface area contributed by atoms with Crippen LogP contribution in [0.5, 0.6) is 0 Å². The van der Waals surface area contributed by atoms with Crippen molar-refractivity contribution >= 4 is 11.2 Å². The van der Waals surface area contributed by atoms with Crippen molar-refractivity contribution in [2.45, 2.75) is 33.4 Å². The fraction of sp³-hybridized carbons (Fsp3) is 0.500. The van der Waals surface area contributed by atoms with Gasteiger partial charge in [0.2, 0.25) is 0 Å². The molecule has 0 aliphatic heterocycles. The minimum absolute atomic E-state index is 0.252. The van der Waals surface area contributed by atoms with E-state index >= 15 is 0 Å². The van der Waals surface area contributed by atoms with Gasteiger partial charge in [-0.15, -0.1) is 0 Å². The summed E-state index contributed by atoms with van der Waals surface area (Å²) in [6.45, 7) is 4.20. The zero-order valence-corrected chi connectivity index (χ0v) is 11.2. The lowest BCUT2D eigenvalue weighted by atomic mass is 10.4. The molecule has 100 valence electrons. The summed E-state index contributed by atoms with van der Waals surface area (Å²) < 4.78 is 4.06. The Morgan fingerprint density at radius 2 is 1.95 bits per heavy atom. The number of imidazole rings is 1. The van der Waals surface area contributed by atoms with E-state index in [1.165, 1.54) is 4.57 Å². The van der Waals surface area contributed by atoms with Crippen molar-refractivity contribution in [3.05, 3.63) is 26.7 Å². The molecule has 0 amide bonds. The fourth-order valence-electron chi connectivity index (χ4n) is 2.24. The second-order valence-electron chi connectivity index (χ2n) is 4.19. The van der Waals surface area contributed by atoms with Crippen LogP contribution in [0, 0.1) is 11.3 Å². The van der Waals surface area contributed by atoms with E-state index in [4.69, 9.17) is 5.26 Å². The second kappa shape index (κ2) is 4.72. The van der Waals surface area contributed by atoms with Crippen molar-refractivity contribution < 1.29 is 0 Å². The number of fused-ring (bicyclic) bond motifs is 1. The zero-order chi connectivity index (χ0) is 14.2. The Morgan fingerprint density at radius 1 is 1.26 bits per heavy atom. The van der Waals surface area contributed by atoms with E-state index in [2.05, 4.69) is 4.98 Å². The molecule has 2 aromatic heterocycles. The predicted molar refractivity (Wildman–Crippen MR) is 69.9 cm³/mol. The number of nitriles is 1. The van der Waals surface area contributed by atoms with Crippen molar-refractivity contribution in [1.29, 1.82) is 5.26 Å². The van der Waals surface area contributed by atoms with Gasteiger partial charge in [0.25, 0.3) is 5.56 Å². The van der Waals surface area contributed by atoms with Crippen LogP contribution in [0.1, 0.15) is 19.7 Å². The molecule has 2 aromatic rings. The maximum atomic E-state index is 12.3. The molecule has 7 nitrogen and oxygen atoms in total. The van der Waals surface area contributed by atoms with Gasteiger partial charge in [-0.2, -0.15) is 5.26 Å². The van der Waals surface area contributed by atoms with Crippen LogP contribution >= 0.6 is 0 Å². The van der Waals surface area contributed by atoms with Gasteiger partial charge in [0.15, 0.2) is 11.2 Å². The van der Waals surface area contributed by atoms with Gasteiger partial charge in [0.1, 0.15) is 12.4 Å². The van der Waals surface area contributed by atoms with Crippen LogP contribution < -0.4 is 11.2 Å². The summed E-state index contributed by atoms with van der Waals surface area (Å²) in [7, 11) is 1.56. The zero-order valence-electron chi connectivity index (χ0n) is 11.2. The third-order valence-corrected chi connectivity index (χ3v) is 3.17. The number of hydrogen-bond acceptors (Lipinski definition) is 4. The van der Waals surface area contributed by atoms with Crippen LogP contribution in [-0.2, 0) is 26.6 Å². The van der Waals surface area contributed by atoms with Crippen molar-refractivity contribution in [2.24, 2.45) is 7.05 Å². The first-order chi connectivity index (χ1) is 9.06. The van der Waals surface area contributed by atoms with E-state index in [1.807, 2.05) is 19.9 Å². The smallest absolute Gasteiger partial charge is 0.322 e. The first-order valence-corrected chi connectivity index (χ1v) is 6.12. The lowest BCUT2D eigenvalue weighted by Crippen LogP contribution is -2.39. The standard InChI is InChI=1S/C12H15N5O2/c1-4-8-14-10-9(16(8)5-2)11(18)17(7-6-13)12(19)15(10)3/h4-5,7H2,1-3H3. The molecule has 0 saturated heterocycles. The number of nitrogens with zero attached hydrogens (tertiary/aromatic N) is 5. The Kier molecular flexibility index (Phi) is 3.25. The van der Waals surface area contributed by atoms with E-state index in [0.717, 1.165) is 10.4 Å². The molecule has 7 heteroatoms. The Balaban J connectivity index is 3.03. The van der Waals surface area contributed by atoms with Crippen LogP contribution in [-0.4, -0.2) is 18.7 Å². The van der Waals surface area contributed by atoms with Crippen LogP contribution in [0.25, 0.3) is 11.2 Å². The first kappa shape index (κ1) is 13.1. The Labute approximate surface area is 109 Å². The molecule has 0 fully saturated rings. The van der Waals surface area contributed by atoms with Gasteiger partial charge in [0.05, 0.1) is 6.07 Å². The van der Waals surface area contributed by atoms with Crippen LogP contribution in [0.3, 0.4) is 0 Å². The van der Waals surface area contributed by atoms with Gasteiger partial charge in [-0.25, -0.2) is 14.3 Å². The van der Waals surface area contributed by atoms with Gasteiger partial charge < -0.3 is 4.57 Å². The third-order valence-electron chi connectivity index (χ3n) is 3.17. The Bertz CT molecular complexity index is 788. The minimum atomic E-state index is -0.512. The molecule has 0 spiro atoms. The van der Waals surface area contributed by atoms with Crippen molar-refractivity contribution in [1.82, 2.24) is 18.7 Å². The van der Waals surface area contributed by atoms with Crippen molar-refractivity contribution in [2.75, 3.05) is 0 Å². The fourth-order valence-corrected chi connectivity index (χ4v) is 2.24. The number of rotatable bonds is 3. The lowest BCUT2D eigenvalue weighted by molar-refractivity contribution is 0.664. The van der Waals surface area contributed by atoms with Crippen LogP contribution in [0.4, 0.5) is 0 Å². The summed E-state index contributed by atoms with van der Waals surface area (Å²) in [4.78, 5) is 28.7. The second-order valence-corrected chi connectivity index (χ2v) is 4.19. The molecule has 0 radical (unpaired) electrons. The molecule has 19 heavy (non-hydrogen) atoms. The lowest BCUT2D eigenvalue weighted by Gasteiger charge is -2.06. The van der Waals surface area contributed by atoms with Gasteiger partial charge >= 0.3 is 5.69 Å². The van der Waals surface area contributed by atoms with E-state index in [1.54, 1.807) is 11.6 Å². The molecule has 0 N–H and O–H groups in total. The molecule has 2 heterocycles. The average Bonchev–Trinajstić information content (AvgIpc) is 2.79. The van der Waals surface area contributed by atoms with Crippen LogP contribution in [0.15, 0.2) is 9.59 Å². The number of aryl methyl sites for hydroxylation is 3. The van der Waals surface area contributed by atoms with E-state index < -0.39 is 11.2 Å². The molecular weight excluding hydrogens is 246 g/mol. The van der Waals surface area contributed by atoms with E-state index in [-0.39, 0.29) is 6.54 Å². The highest BCUT2D eigenvalue weighted by Crippen LogP contribution is 2.11.